The van der Waals surface area contributed by atoms with Crippen LogP contribution in [0.3, 0.4) is 0 Å². The number of aromatic nitrogens is 5. The van der Waals surface area contributed by atoms with E-state index in [4.69, 9.17) is 14.8 Å². The van der Waals surface area contributed by atoms with Crippen molar-refractivity contribution in [2.24, 2.45) is 0 Å². The molecule has 0 saturated heterocycles. The number of nitrogens with one attached hydrogen (secondary N) is 1. The number of rotatable bonds is 9. The van der Waals surface area contributed by atoms with Gasteiger partial charge in [0.25, 0.3) is 0 Å². The van der Waals surface area contributed by atoms with Crippen molar-refractivity contribution in [2.45, 2.75) is 81.0 Å². The van der Waals surface area contributed by atoms with Gasteiger partial charge in [-0.25, -0.2) is 4.68 Å². The topological polar surface area (TPSA) is 77.8 Å². The van der Waals surface area contributed by atoms with Crippen LogP contribution < -0.4 is 5.32 Å². The van der Waals surface area contributed by atoms with Gasteiger partial charge in [0, 0.05) is 25.3 Å². The standard InChI is InChI=1S/C24H32N6OSSi/c1-33(2,3)13-12-31-16-30-23(28-24(29-30)32-19-10-11-25-26-15-19)27-22-20-8-4-6-17(20)14-18-7-5-9-21(18)22/h10-11,14-15H,4-9,12-13,16H2,1-3H3,(H,27,28,29). The number of hydrogen-bond donors (Lipinski definition) is 1. The highest BCUT2D eigenvalue weighted by Gasteiger charge is 2.25. The molecule has 174 valence electrons. The molecular formula is C24H32N6OSSi. The maximum Gasteiger partial charge on any atom is 0.228 e. The van der Waals surface area contributed by atoms with Crippen molar-refractivity contribution in [3.8, 4) is 0 Å². The van der Waals surface area contributed by atoms with E-state index in [0.717, 1.165) is 36.3 Å². The van der Waals surface area contributed by atoms with Crippen LogP contribution in [0.5, 0.6) is 0 Å². The van der Waals surface area contributed by atoms with Crippen molar-refractivity contribution in [1.82, 2.24) is 25.0 Å². The highest BCUT2D eigenvalue weighted by Crippen LogP contribution is 2.40. The molecular weight excluding hydrogens is 448 g/mol. The highest BCUT2D eigenvalue weighted by molar-refractivity contribution is 7.99. The molecule has 5 rings (SSSR count). The van der Waals surface area contributed by atoms with Crippen LogP contribution in [0.1, 0.15) is 35.1 Å². The molecule has 0 radical (unpaired) electrons. The number of anilines is 2. The first kappa shape index (κ1) is 22.6. The molecule has 2 aliphatic rings. The zero-order chi connectivity index (χ0) is 22.8. The van der Waals surface area contributed by atoms with Crippen molar-refractivity contribution in [3.05, 3.63) is 46.8 Å². The number of hydrogen-bond acceptors (Lipinski definition) is 7. The normalized spacial score (nSPS) is 15.0. The Bertz CT molecular complexity index is 1100. The summed E-state index contributed by atoms with van der Waals surface area (Å²) < 4.78 is 7.92. The second kappa shape index (κ2) is 9.56. The average Bonchev–Trinajstić information content (AvgIpc) is 3.51. The highest BCUT2D eigenvalue weighted by atomic mass is 32.2. The van der Waals surface area contributed by atoms with Crippen LogP contribution in [-0.2, 0) is 37.2 Å². The Balaban J connectivity index is 1.42. The molecule has 0 spiro atoms. The monoisotopic (exact) mass is 480 g/mol. The second-order valence-electron chi connectivity index (χ2n) is 10.1. The first-order valence-electron chi connectivity index (χ1n) is 11.9. The summed E-state index contributed by atoms with van der Waals surface area (Å²) in [7, 11) is -1.14. The first-order chi connectivity index (χ1) is 16.0. The van der Waals surface area contributed by atoms with Crippen LogP contribution in [0.25, 0.3) is 0 Å². The van der Waals surface area contributed by atoms with E-state index in [1.807, 2.05) is 10.7 Å². The smallest absolute Gasteiger partial charge is 0.228 e. The van der Waals surface area contributed by atoms with Gasteiger partial charge in [-0.3, -0.25) is 0 Å². The van der Waals surface area contributed by atoms with Gasteiger partial charge in [-0.05, 0) is 84.7 Å². The maximum atomic E-state index is 6.05. The number of ether oxygens (including phenoxy) is 1. The van der Waals surface area contributed by atoms with Gasteiger partial charge in [0.15, 0.2) is 0 Å². The van der Waals surface area contributed by atoms with Crippen LogP contribution in [0, 0.1) is 0 Å². The lowest BCUT2D eigenvalue weighted by atomic mass is 9.99. The summed E-state index contributed by atoms with van der Waals surface area (Å²) in [6.07, 6.45) is 10.5. The Morgan fingerprint density at radius 3 is 2.48 bits per heavy atom. The molecule has 0 amide bonds. The Kier molecular flexibility index (Phi) is 6.53. The SMILES string of the molecule is C[Si](C)(C)CCOCn1nc(Sc2ccnnc2)nc1Nc1c2c(cc3c1CCC3)CCC2. The molecule has 2 aromatic heterocycles. The fourth-order valence-corrected chi connectivity index (χ4v) is 6.07. The molecule has 3 aromatic rings. The molecule has 2 aliphatic carbocycles. The zero-order valence-electron chi connectivity index (χ0n) is 19.7. The number of benzene rings is 1. The van der Waals surface area contributed by atoms with Gasteiger partial charge in [-0.15, -0.1) is 5.10 Å². The summed E-state index contributed by atoms with van der Waals surface area (Å²) >= 11 is 1.49. The minimum Gasteiger partial charge on any atom is -0.359 e. The van der Waals surface area contributed by atoms with E-state index in [0.29, 0.717) is 11.9 Å². The second-order valence-corrected chi connectivity index (χ2v) is 16.8. The molecule has 0 bridgehead atoms. The molecule has 33 heavy (non-hydrogen) atoms. The molecule has 2 heterocycles. The minimum atomic E-state index is -1.14. The fourth-order valence-electron chi connectivity index (χ4n) is 4.60. The molecule has 0 aliphatic heterocycles. The van der Waals surface area contributed by atoms with Gasteiger partial charge in [-0.1, -0.05) is 25.7 Å². The van der Waals surface area contributed by atoms with E-state index in [1.54, 1.807) is 12.4 Å². The molecule has 1 N–H and O–H groups in total. The number of nitrogens with zero attached hydrogens (tertiary/aromatic N) is 5. The lowest BCUT2D eigenvalue weighted by molar-refractivity contribution is 0.0792. The van der Waals surface area contributed by atoms with Gasteiger partial charge in [-0.2, -0.15) is 15.2 Å². The fraction of sp³-hybridized carbons (Fsp3) is 0.500. The van der Waals surface area contributed by atoms with Gasteiger partial charge in [0.1, 0.15) is 6.73 Å². The third kappa shape index (κ3) is 5.31. The summed E-state index contributed by atoms with van der Waals surface area (Å²) in [6.45, 7) is 8.25. The van der Waals surface area contributed by atoms with E-state index < -0.39 is 8.07 Å². The van der Waals surface area contributed by atoms with Crippen molar-refractivity contribution in [3.63, 3.8) is 0 Å². The Labute approximate surface area is 200 Å². The molecule has 0 fully saturated rings. The lowest BCUT2D eigenvalue weighted by Gasteiger charge is -2.18. The Hall–Kier alpha value is -2.23. The third-order valence-corrected chi connectivity index (χ3v) is 8.88. The minimum absolute atomic E-state index is 0.395. The van der Waals surface area contributed by atoms with E-state index in [1.165, 1.54) is 65.4 Å². The number of fused-ring (bicyclic) bond motifs is 2. The van der Waals surface area contributed by atoms with E-state index in [-0.39, 0.29) is 0 Å². The van der Waals surface area contributed by atoms with Gasteiger partial charge >= 0.3 is 0 Å². The predicted octanol–water partition coefficient (Wildman–Crippen LogP) is 5.25. The molecule has 0 atom stereocenters. The summed E-state index contributed by atoms with van der Waals surface area (Å²) in [5.41, 5.74) is 7.23. The van der Waals surface area contributed by atoms with Crippen molar-refractivity contribution < 1.29 is 4.74 Å². The molecule has 1 aromatic carbocycles. The van der Waals surface area contributed by atoms with Crippen molar-refractivity contribution in [2.75, 3.05) is 11.9 Å². The summed E-state index contributed by atoms with van der Waals surface area (Å²) in [6, 6.07) is 5.51. The van der Waals surface area contributed by atoms with E-state index >= 15 is 0 Å². The van der Waals surface area contributed by atoms with Gasteiger partial charge < -0.3 is 10.1 Å². The quantitative estimate of drug-likeness (QED) is 0.331. The van der Waals surface area contributed by atoms with Crippen LogP contribution in [0.4, 0.5) is 11.6 Å². The Morgan fingerprint density at radius 2 is 1.82 bits per heavy atom. The Morgan fingerprint density at radius 1 is 1.06 bits per heavy atom. The van der Waals surface area contributed by atoms with Gasteiger partial charge in [0.05, 0.1) is 12.4 Å². The summed E-state index contributed by atoms with van der Waals surface area (Å²) in [5, 5.41) is 17.0. The summed E-state index contributed by atoms with van der Waals surface area (Å²) in [5.74, 6) is 0.752. The van der Waals surface area contributed by atoms with Gasteiger partial charge in [0.2, 0.25) is 11.1 Å². The van der Waals surface area contributed by atoms with Crippen LogP contribution in [0.2, 0.25) is 25.7 Å². The van der Waals surface area contributed by atoms with Crippen LogP contribution >= 0.6 is 11.8 Å². The van der Waals surface area contributed by atoms with Crippen molar-refractivity contribution in [1.29, 1.82) is 0 Å². The average molecular weight is 481 g/mol. The molecule has 0 unspecified atom stereocenters. The molecule has 7 nitrogen and oxygen atoms in total. The third-order valence-electron chi connectivity index (χ3n) is 6.34. The van der Waals surface area contributed by atoms with Crippen LogP contribution in [0.15, 0.2) is 34.6 Å². The zero-order valence-corrected chi connectivity index (χ0v) is 21.5. The molecule has 9 heteroatoms. The van der Waals surface area contributed by atoms with Crippen LogP contribution in [-0.4, -0.2) is 39.6 Å². The number of aryl methyl sites for hydroxylation is 2. The first-order valence-corrected chi connectivity index (χ1v) is 16.4. The van der Waals surface area contributed by atoms with Crippen molar-refractivity contribution >= 4 is 31.5 Å². The molecule has 0 saturated carbocycles. The van der Waals surface area contributed by atoms with E-state index in [9.17, 15) is 0 Å². The predicted molar refractivity (Wildman–Crippen MR) is 134 cm³/mol. The van der Waals surface area contributed by atoms with E-state index in [2.05, 4.69) is 41.2 Å². The largest absolute Gasteiger partial charge is 0.359 e. The summed E-state index contributed by atoms with van der Waals surface area (Å²) in [4.78, 5) is 5.83. The lowest BCUT2D eigenvalue weighted by Crippen LogP contribution is -2.22. The maximum absolute atomic E-state index is 6.05.